The lowest BCUT2D eigenvalue weighted by molar-refractivity contribution is 0.594. The summed E-state index contributed by atoms with van der Waals surface area (Å²) in [5.41, 5.74) is 0.431. The summed E-state index contributed by atoms with van der Waals surface area (Å²) in [6.45, 7) is 1.58. The highest BCUT2D eigenvalue weighted by Crippen LogP contribution is 2.23. The van der Waals surface area contributed by atoms with Crippen LogP contribution in [0.5, 0.6) is 0 Å². The van der Waals surface area contributed by atoms with E-state index in [0.29, 0.717) is 5.56 Å². The number of anilines is 1. The van der Waals surface area contributed by atoms with E-state index in [-0.39, 0.29) is 15.7 Å². The highest BCUT2D eigenvalue weighted by Gasteiger charge is 2.19. The lowest BCUT2D eigenvalue weighted by Gasteiger charge is -2.10. The molecule has 1 aromatic heterocycles. The second-order valence-corrected chi connectivity index (χ2v) is 5.91. The van der Waals surface area contributed by atoms with E-state index in [2.05, 4.69) is 9.71 Å². The predicted molar refractivity (Wildman–Crippen MR) is 71.2 cm³/mol. The van der Waals surface area contributed by atoms with Crippen LogP contribution in [0.15, 0.2) is 41.4 Å². The first-order valence-corrected chi connectivity index (χ1v) is 7.16. The van der Waals surface area contributed by atoms with E-state index in [1.165, 1.54) is 24.4 Å². The number of hydrogen-bond donors (Lipinski definition) is 1. The zero-order valence-corrected chi connectivity index (χ0v) is 11.5. The smallest absolute Gasteiger partial charge is 0.262 e. The predicted octanol–water partition coefficient (Wildman–Crippen LogP) is 2.98. The number of rotatable bonds is 3. The average molecular weight is 301 g/mol. The summed E-state index contributed by atoms with van der Waals surface area (Å²) >= 11 is 5.83. The van der Waals surface area contributed by atoms with Crippen molar-refractivity contribution in [3.05, 3.63) is 52.9 Å². The maximum Gasteiger partial charge on any atom is 0.263 e. The van der Waals surface area contributed by atoms with Gasteiger partial charge >= 0.3 is 0 Å². The Morgan fingerprint density at radius 2 is 2.05 bits per heavy atom. The fourth-order valence-corrected chi connectivity index (χ4v) is 3.02. The van der Waals surface area contributed by atoms with Crippen LogP contribution in [0.3, 0.4) is 0 Å². The van der Waals surface area contributed by atoms with Gasteiger partial charge in [-0.2, -0.15) is 0 Å². The molecule has 0 atom stereocenters. The molecular formula is C12H10ClFN2O2S. The monoisotopic (exact) mass is 300 g/mol. The second kappa shape index (κ2) is 5.14. The summed E-state index contributed by atoms with van der Waals surface area (Å²) in [6, 6.07) is 6.62. The lowest BCUT2D eigenvalue weighted by atomic mass is 10.2. The summed E-state index contributed by atoms with van der Waals surface area (Å²) in [7, 11) is -3.93. The number of aromatic nitrogens is 1. The summed E-state index contributed by atoms with van der Waals surface area (Å²) < 4.78 is 39.7. The fourth-order valence-electron chi connectivity index (χ4n) is 1.51. The van der Waals surface area contributed by atoms with Gasteiger partial charge in [-0.15, -0.1) is 0 Å². The Morgan fingerprint density at radius 3 is 2.74 bits per heavy atom. The maximum absolute atomic E-state index is 13.2. The van der Waals surface area contributed by atoms with Gasteiger partial charge in [-0.05, 0) is 36.8 Å². The number of hydrogen-bond acceptors (Lipinski definition) is 3. The molecule has 0 bridgehead atoms. The molecule has 0 unspecified atom stereocenters. The van der Waals surface area contributed by atoms with Crippen molar-refractivity contribution in [3.63, 3.8) is 0 Å². The molecule has 2 rings (SSSR count). The molecule has 19 heavy (non-hydrogen) atoms. The van der Waals surface area contributed by atoms with Crippen LogP contribution in [0.4, 0.5) is 10.2 Å². The van der Waals surface area contributed by atoms with Crippen molar-refractivity contribution in [1.29, 1.82) is 0 Å². The van der Waals surface area contributed by atoms with Crippen molar-refractivity contribution < 1.29 is 12.8 Å². The van der Waals surface area contributed by atoms with Crippen LogP contribution in [0.2, 0.25) is 5.02 Å². The first-order valence-electron chi connectivity index (χ1n) is 5.29. The van der Waals surface area contributed by atoms with E-state index in [0.717, 1.165) is 6.07 Å². The topological polar surface area (TPSA) is 59.1 Å². The molecule has 2 aromatic rings. The van der Waals surface area contributed by atoms with Gasteiger partial charge in [0.25, 0.3) is 10.0 Å². The Balaban J connectivity index is 2.44. The van der Waals surface area contributed by atoms with Crippen molar-refractivity contribution in [2.24, 2.45) is 0 Å². The van der Waals surface area contributed by atoms with Crippen LogP contribution in [0.1, 0.15) is 5.56 Å². The van der Waals surface area contributed by atoms with Gasteiger partial charge < -0.3 is 0 Å². The van der Waals surface area contributed by atoms with Crippen LogP contribution in [-0.4, -0.2) is 13.4 Å². The van der Waals surface area contributed by atoms with Crippen molar-refractivity contribution in [2.45, 2.75) is 11.8 Å². The molecule has 0 aliphatic carbocycles. The van der Waals surface area contributed by atoms with Gasteiger partial charge in [0.15, 0.2) is 5.82 Å². The molecule has 0 radical (unpaired) electrons. The molecular weight excluding hydrogens is 291 g/mol. The van der Waals surface area contributed by atoms with Gasteiger partial charge in [0.2, 0.25) is 0 Å². The first kappa shape index (κ1) is 13.8. The first-order chi connectivity index (χ1) is 8.90. The van der Waals surface area contributed by atoms with Crippen molar-refractivity contribution >= 4 is 27.4 Å². The summed E-state index contributed by atoms with van der Waals surface area (Å²) in [6.07, 6.45) is 1.40. The Kier molecular flexibility index (Phi) is 3.73. The Hall–Kier alpha value is -1.66. The Labute approximate surface area is 115 Å². The lowest BCUT2D eigenvalue weighted by Crippen LogP contribution is -2.15. The third-order valence-corrected chi connectivity index (χ3v) is 4.22. The normalized spacial score (nSPS) is 11.3. The second-order valence-electron chi connectivity index (χ2n) is 3.85. The number of nitrogens with one attached hydrogen (secondary N) is 1. The van der Waals surface area contributed by atoms with E-state index in [1.54, 1.807) is 13.0 Å². The molecule has 0 saturated heterocycles. The molecule has 0 saturated carbocycles. The standard InChI is InChI=1S/C12H10ClFN2O2S/c1-8-4-5-9(14)7-11(8)19(17,18)16-12-10(13)3-2-6-15-12/h2-7H,1H3,(H,15,16). The average Bonchev–Trinajstić information content (AvgIpc) is 2.35. The zero-order chi connectivity index (χ0) is 14.0. The van der Waals surface area contributed by atoms with E-state index < -0.39 is 15.8 Å². The minimum absolute atomic E-state index is 0.00725. The van der Waals surface area contributed by atoms with Gasteiger partial charge in [-0.1, -0.05) is 17.7 Å². The fraction of sp³-hybridized carbons (Fsp3) is 0.0833. The van der Waals surface area contributed by atoms with Gasteiger partial charge in [-0.3, -0.25) is 4.72 Å². The minimum Gasteiger partial charge on any atom is -0.262 e. The molecule has 0 amide bonds. The molecule has 4 nitrogen and oxygen atoms in total. The number of nitrogens with zero attached hydrogens (tertiary/aromatic N) is 1. The minimum atomic E-state index is -3.93. The van der Waals surface area contributed by atoms with E-state index >= 15 is 0 Å². The highest BCUT2D eigenvalue weighted by molar-refractivity contribution is 7.92. The third kappa shape index (κ3) is 3.02. The van der Waals surface area contributed by atoms with Crippen molar-refractivity contribution in [3.8, 4) is 0 Å². The number of pyridine rings is 1. The van der Waals surface area contributed by atoms with Crippen molar-refractivity contribution in [1.82, 2.24) is 4.98 Å². The number of halogens is 2. The molecule has 0 fully saturated rings. The molecule has 0 spiro atoms. The number of benzene rings is 1. The van der Waals surface area contributed by atoms with Crippen LogP contribution >= 0.6 is 11.6 Å². The Bertz CT molecular complexity index is 719. The molecule has 1 N–H and O–H groups in total. The van der Waals surface area contributed by atoms with E-state index in [4.69, 9.17) is 11.6 Å². The molecule has 0 aliphatic rings. The molecule has 1 heterocycles. The van der Waals surface area contributed by atoms with Crippen LogP contribution < -0.4 is 4.72 Å². The van der Waals surface area contributed by atoms with Gasteiger partial charge in [0.1, 0.15) is 5.82 Å². The van der Waals surface area contributed by atoms with Gasteiger partial charge in [0.05, 0.1) is 9.92 Å². The SMILES string of the molecule is Cc1ccc(F)cc1S(=O)(=O)Nc1ncccc1Cl. The maximum atomic E-state index is 13.2. The van der Waals surface area contributed by atoms with Crippen LogP contribution in [0, 0.1) is 12.7 Å². The number of aryl methyl sites for hydroxylation is 1. The highest BCUT2D eigenvalue weighted by atomic mass is 35.5. The quantitative estimate of drug-likeness (QED) is 0.948. The summed E-state index contributed by atoms with van der Waals surface area (Å²) in [5, 5.41) is 0.167. The van der Waals surface area contributed by atoms with Gasteiger partial charge in [-0.25, -0.2) is 17.8 Å². The molecule has 0 aliphatic heterocycles. The van der Waals surface area contributed by atoms with E-state index in [1.807, 2.05) is 0 Å². The van der Waals surface area contributed by atoms with Gasteiger partial charge in [0, 0.05) is 6.20 Å². The van der Waals surface area contributed by atoms with Crippen LogP contribution in [-0.2, 0) is 10.0 Å². The third-order valence-electron chi connectivity index (χ3n) is 2.43. The van der Waals surface area contributed by atoms with Crippen LogP contribution in [0.25, 0.3) is 0 Å². The molecule has 7 heteroatoms. The van der Waals surface area contributed by atoms with Crippen molar-refractivity contribution in [2.75, 3.05) is 4.72 Å². The Morgan fingerprint density at radius 1 is 1.32 bits per heavy atom. The zero-order valence-electron chi connectivity index (χ0n) is 9.89. The molecule has 1 aromatic carbocycles. The van der Waals surface area contributed by atoms with E-state index in [9.17, 15) is 12.8 Å². The number of sulfonamides is 1. The molecule has 100 valence electrons. The summed E-state index contributed by atoms with van der Waals surface area (Å²) in [4.78, 5) is 3.68. The summed E-state index contributed by atoms with van der Waals surface area (Å²) in [5.74, 6) is -0.620. The largest absolute Gasteiger partial charge is 0.263 e.